The highest BCUT2D eigenvalue weighted by molar-refractivity contribution is 7.79. The van der Waals surface area contributed by atoms with Crippen molar-refractivity contribution in [2.24, 2.45) is 5.73 Å². The summed E-state index contributed by atoms with van der Waals surface area (Å²) in [5.41, 5.74) is 11.3. The SMILES string of the molecule is NC(=O)CNC(=O)c1ccc(N)cc1.O=S(=O)(O)O. The fourth-order valence-electron chi connectivity index (χ4n) is 0.904. The molecule has 106 valence electrons. The molecule has 0 radical (unpaired) electrons. The van der Waals surface area contributed by atoms with Crippen LogP contribution in [0.3, 0.4) is 0 Å². The Morgan fingerprint density at radius 3 is 1.95 bits per heavy atom. The van der Waals surface area contributed by atoms with E-state index in [-0.39, 0.29) is 12.5 Å². The normalized spacial score (nSPS) is 10.0. The average molecular weight is 291 g/mol. The fourth-order valence-corrected chi connectivity index (χ4v) is 0.904. The molecule has 1 aromatic carbocycles. The Morgan fingerprint density at radius 1 is 1.16 bits per heavy atom. The van der Waals surface area contributed by atoms with E-state index in [4.69, 9.17) is 29.0 Å². The minimum atomic E-state index is -4.67. The first kappa shape index (κ1) is 16.8. The van der Waals surface area contributed by atoms with Crippen molar-refractivity contribution in [1.29, 1.82) is 0 Å². The minimum absolute atomic E-state index is 0.163. The smallest absolute Gasteiger partial charge is 0.394 e. The molecule has 9 nitrogen and oxygen atoms in total. The fraction of sp³-hybridized carbons (Fsp3) is 0.111. The van der Waals surface area contributed by atoms with Crippen LogP contribution in [0, 0.1) is 0 Å². The zero-order valence-electron chi connectivity index (χ0n) is 9.61. The molecule has 0 bridgehead atoms. The quantitative estimate of drug-likeness (QED) is 0.344. The summed E-state index contributed by atoms with van der Waals surface area (Å²) >= 11 is 0. The largest absolute Gasteiger partial charge is 0.399 e. The molecule has 0 aliphatic heterocycles. The first-order valence-electron chi connectivity index (χ1n) is 4.71. The molecule has 0 atom stereocenters. The van der Waals surface area contributed by atoms with Crippen molar-refractivity contribution in [1.82, 2.24) is 5.32 Å². The Hall–Kier alpha value is -2.17. The topological polar surface area (TPSA) is 173 Å². The Kier molecular flexibility index (Phi) is 6.47. The van der Waals surface area contributed by atoms with Crippen molar-refractivity contribution in [2.75, 3.05) is 12.3 Å². The molecule has 0 heterocycles. The van der Waals surface area contributed by atoms with Crippen molar-refractivity contribution in [2.45, 2.75) is 0 Å². The van der Waals surface area contributed by atoms with Crippen LogP contribution in [0.5, 0.6) is 0 Å². The van der Waals surface area contributed by atoms with E-state index in [0.717, 1.165) is 0 Å². The van der Waals surface area contributed by atoms with Crippen LogP contribution in [-0.2, 0) is 15.2 Å². The van der Waals surface area contributed by atoms with Gasteiger partial charge in [-0.15, -0.1) is 0 Å². The number of carbonyl (C=O) groups excluding carboxylic acids is 2. The van der Waals surface area contributed by atoms with Crippen LogP contribution in [0.2, 0.25) is 0 Å². The van der Waals surface area contributed by atoms with Crippen LogP contribution >= 0.6 is 0 Å². The molecule has 0 aliphatic carbocycles. The molecule has 0 unspecified atom stereocenters. The van der Waals surface area contributed by atoms with Gasteiger partial charge in [0, 0.05) is 11.3 Å². The maximum atomic E-state index is 11.3. The number of amides is 2. The van der Waals surface area contributed by atoms with Gasteiger partial charge in [0.15, 0.2) is 0 Å². The number of anilines is 1. The Bertz CT molecular complexity index is 532. The number of hydrogen-bond acceptors (Lipinski definition) is 5. The predicted molar refractivity (Wildman–Crippen MR) is 66.6 cm³/mol. The lowest BCUT2D eigenvalue weighted by molar-refractivity contribution is -0.117. The van der Waals surface area contributed by atoms with Crippen LogP contribution in [0.4, 0.5) is 5.69 Å². The van der Waals surface area contributed by atoms with E-state index >= 15 is 0 Å². The summed E-state index contributed by atoms with van der Waals surface area (Å²) in [6.07, 6.45) is 0. The number of nitrogens with one attached hydrogen (secondary N) is 1. The Morgan fingerprint density at radius 2 is 1.58 bits per heavy atom. The summed E-state index contributed by atoms with van der Waals surface area (Å²) in [6, 6.07) is 6.37. The molecule has 0 aromatic heterocycles. The van der Waals surface area contributed by atoms with E-state index in [1.54, 1.807) is 24.3 Å². The molecule has 0 fully saturated rings. The summed E-state index contributed by atoms with van der Waals surface area (Å²) in [4.78, 5) is 21.7. The lowest BCUT2D eigenvalue weighted by Gasteiger charge is -2.02. The van der Waals surface area contributed by atoms with Gasteiger partial charge in [0.25, 0.3) is 5.91 Å². The molecule has 0 spiro atoms. The van der Waals surface area contributed by atoms with Crippen molar-refractivity contribution in [3.63, 3.8) is 0 Å². The standard InChI is InChI=1S/C9H11N3O2.H2O4S/c10-7-3-1-6(2-4-7)9(14)12-5-8(11)13;1-5(2,3)4/h1-4H,5,10H2,(H2,11,13)(H,12,14);(H2,1,2,3,4). The molecule has 0 saturated carbocycles. The number of hydrogen-bond donors (Lipinski definition) is 5. The highest BCUT2D eigenvalue weighted by atomic mass is 32.3. The second-order valence-electron chi connectivity index (χ2n) is 3.22. The molecule has 7 N–H and O–H groups in total. The van der Waals surface area contributed by atoms with Crippen LogP contribution < -0.4 is 16.8 Å². The number of primary amides is 1. The Labute approximate surface area is 109 Å². The molecule has 1 aromatic rings. The number of carbonyl (C=O) groups is 2. The van der Waals surface area contributed by atoms with E-state index < -0.39 is 16.3 Å². The third-order valence-electron chi connectivity index (χ3n) is 1.60. The summed E-state index contributed by atoms with van der Waals surface area (Å²) in [5.74, 6) is -0.919. The van der Waals surface area contributed by atoms with Gasteiger partial charge in [-0.1, -0.05) is 0 Å². The second-order valence-corrected chi connectivity index (χ2v) is 4.11. The zero-order chi connectivity index (χ0) is 15.1. The van der Waals surface area contributed by atoms with Gasteiger partial charge in [-0.3, -0.25) is 18.7 Å². The van der Waals surface area contributed by atoms with Crippen molar-refractivity contribution in [3.05, 3.63) is 29.8 Å². The maximum Gasteiger partial charge on any atom is 0.394 e. The summed E-state index contributed by atoms with van der Waals surface area (Å²) in [7, 11) is -4.67. The first-order valence-corrected chi connectivity index (χ1v) is 6.11. The van der Waals surface area contributed by atoms with E-state index in [0.29, 0.717) is 11.3 Å². The van der Waals surface area contributed by atoms with Gasteiger partial charge in [0.2, 0.25) is 5.91 Å². The molecule has 19 heavy (non-hydrogen) atoms. The lowest BCUT2D eigenvalue weighted by Crippen LogP contribution is -2.33. The van der Waals surface area contributed by atoms with Crippen molar-refractivity contribution < 1.29 is 27.1 Å². The van der Waals surface area contributed by atoms with E-state index in [9.17, 15) is 9.59 Å². The number of nitrogen functional groups attached to an aromatic ring is 1. The molecule has 2 amide bonds. The molecule has 1 rings (SSSR count). The van der Waals surface area contributed by atoms with Crippen LogP contribution in [0.25, 0.3) is 0 Å². The lowest BCUT2D eigenvalue weighted by atomic mass is 10.2. The van der Waals surface area contributed by atoms with Crippen LogP contribution in [-0.4, -0.2) is 35.9 Å². The van der Waals surface area contributed by atoms with Crippen LogP contribution in [0.1, 0.15) is 10.4 Å². The highest BCUT2D eigenvalue weighted by Gasteiger charge is 2.04. The van der Waals surface area contributed by atoms with Gasteiger partial charge in [-0.2, -0.15) is 8.42 Å². The van der Waals surface area contributed by atoms with E-state index in [1.807, 2.05) is 0 Å². The van der Waals surface area contributed by atoms with E-state index in [1.165, 1.54) is 0 Å². The van der Waals surface area contributed by atoms with Crippen LogP contribution in [0.15, 0.2) is 24.3 Å². The summed E-state index contributed by atoms with van der Waals surface area (Å²) in [6.45, 7) is -0.163. The van der Waals surface area contributed by atoms with Gasteiger partial charge in [0.05, 0.1) is 6.54 Å². The Balaban J connectivity index is 0.000000555. The second kappa shape index (κ2) is 7.31. The monoisotopic (exact) mass is 291 g/mol. The van der Waals surface area contributed by atoms with Gasteiger partial charge in [0.1, 0.15) is 0 Å². The molecule has 0 saturated heterocycles. The maximum absolute atomic E-state index is 11.3. The number of rotatable bonds is 3. The van der Waals surface area contributed by atoms with Crippen molar-refractivity contribution >= 4 is 27.9 Å². The van der Waals surface area contributed by atoms with Gasteiger partial charge >= 0.3 is 10.4 Å². The highest BCUT2D eigenvalue weighted by Crippen LogP contribution is 2.04. The van der Waals surface area contributed by atoms with Gasteiger partial charge < -0.3 is 16.8 Å². The van der Waals surface area contributed by atoms with Crippen molar-refractivity contribution in [3.8, 4) is 0 Å². The molecule has 0 aliphatic rings. The average Bonchev–Trinajstić information content (AvgIpc) is 2.24. The molecular weight excluding hydrogens is 278 g/mol. The minimum Gasteiger partial charge on any atom is -0.399 e. The summed E-state index contributed by atoms with van der Waals surface area (Å²) < 4.78 is 31.6. The molecular formula is C9H13N3O6S. The summed E-state index contributed by atoms with van der Waals surface area (Å²) in [5, 5.41) is 2.36. The zero-order valence-corrected chi connectivity index (χ0v) is 10.4. The number of benzene rings is 1. The molecule has 10 heteroatoms. The third-order valence-corrected chi connectivity index (χ3v) is 1.60. The van der Waals surface area contributed by atoms with Gasteiger partial charge in [-0.05, 0) is 24.3 Å². The predicted octanol–water partition coefficient (Wildman–Crippen LogP) is -1.17. The first-order chi connectivity index (χ1) is 8.59. The van der Waals surface area contributed by atoms with Gasteiger partial charge in [-0.25, -0.2) is 0 Å². The third kappa shape index (κ3) is 10.7. The van der Waals surface area contributed by atoms with E-state index in [2.05, 4.69) is 5.32 Å². The number of nitrogens with two attached hydrogens (primary N) is 2.